The van der Waals surface area contributed by atoms with Crippen molar-refractivity contribution in [2.45, 2.75) is 23.8 Å². The highest BCUT2D eigenvalue weighted by Crippen LogP contribution is 2.29. The summed E-state index contributed by atoms with van der Waals surface area (Å²) >= 11 is 23.6. The lowest BCUT2D eigenvalue weighted by atomic mass is 10.1. The molecule has 0 aliphatic heterocycles. The lowest BCUT2D eigenvalue weighted by molar-refractivity contribution is 0.0934. The zero-order valence-electron chi connectivity index (χ0n) is 18.0. The summed E-state index contributed by atoms with van der Waals surface area (Å²) in [5.74, 6) is -0.451. The fraction of sp³-hybridized carbons (Fsp3) is 0.227. The number of aryl methyl sites for hydroxylation is 1. The Morgan fingerprint density at radius 1 is 1.03 bits per heavy atom. The van der Waals surface area contributed by atoms with E-state index in [1.807, 2.05) is 43.3 Å². The summed E-state index contributed by atoms with van der Waals surface area (Å²) in [6.07, 6.45) is -1.17. The number of amides is 1. The number of thiocarbonyl (C=S) groups is 1. The number of halogens is 3. The Bertz CT molecular complexity index is 1240. The highest BCUT2D eigenvalue weighted by molar-refractivity contribution is 7.80. The molecule has 0 unspecified atom stereocenters. The third kappa shape index (κ3) is 5.89. The number of benzene rings is 2. The van der Waals surface area contributed by atoms with Crippen molar-refractivity contribution in [3.8, 4) is 5.69 Å². The van der Waals surface area contributed by atoms with Gasteiger partial charge in [0.05, 0.1) is 11.4 Å². The second kappa shape index (κ2) is 10.2. The van der Waals surface area contributed by atoms with Gasteiger partial charge < -0.3 is 16.0 Å². The van der Waals surface area contributed by atoms with Crippen LogP contribution in [0.3, 0.4) is 0 Å². The van der Waals surface area contributed by atoms with Gasteiger partial charge in [0.2, 0.25) is 3.79 Å². The van der Waals surface area contributed by atoms with Crippen LogP contribution >= 0.6 is 47.0 Å². The average Bonchev–Trinajstić information content (AvgIpc) is 2.96. The molecule has 0 bridgehead atoms. The first-order chi connectivity index (χ1) is 15.5. The first-order valence-corrected chi connectivity index (χ1v) is 11.4. The van der Waals surface area contributed by atoms with Crippen LogP contribution in [0.2, 0.25) is 0 Å². The van der Waals surface area contributed by atoms with Crippen molar-refractivity contribution in [2.75, 3.05) is 5.32 Å². The van der Waals surface area contributed by atoms with E-state index in [-0.39, 0.29) is 16.4 Å². The average molecular weight is 527 g/mol. The van der Waals surface area contributed by atoms with E-state index in [1.54, 1.807) is 36.9 Å². The Morgan fingerprint density at radius 3 is 2.30 bits per heavy atom. The minimum Gasteiger partial charge on any atom is -0.339 e. The van der Waals surface area contributed by atoms with Crippen molar-refractivity contribution in [1.82, 2.24) is 20.0 Å². The van der Waals surface area contributed by atoms with Gasteiger partial charge in [0.15, 0.2) is 5.11 Å². The molecule has 0 aliphatic carbocycles. The molecule has 1 aromatic heterocycles. The SMILES string of the molecule is Cc1cccc(C(=O)N[C@H](NC(=S)Nc2c(C)n(C)n(-c3ccccc3)c2=O)C(Cl)(Cl)Cl)c1. The molecule has 1 amide bonds. The minimum absolute atomic E-state index is 0.00174. The van der Waals surface area contributed by atoms with E-state index in [9.17, 15) is 9.59 Å². The molecule has 1 heterocycles. The van der Waals surface area contributed by atoms with Crippen LogP contribution < -0.4 is 21.5 Å². The van der Waals surface area contributed by atoms with Crippen molar-refractivity contribution in [3.63, 3.8) is 0 Å². The fourth-order valence-electron chi connectivity index (χ4n) is 3.19. The predicted octanol–water partition coefficient (Wildman–Crippen LogP) is 4.21. The third-order valence-corrected chi connectivity index (χ3v) is 5.83. The zero-order valence-corrected chi connectivity index (χ0v) is 21.1. The van der Waals surface area contributed by atoms with E-state index in [0.717, 1.165) is 5.56 Å². The zero-order chi connectivity index (χ0) is 24.3. The van der Waals surface area contributed by atoms with Crippen molar-refractivity contribution in [2.24, 2.45) is 7.05 Å². The number of para-hydroxylation sites is 1. The van der Waals surface area contributed by atoms with Gasteiger partial charge in [-0.25, -0.2) is 4.68 Å². The van der Waals surface area contributed by atoms with Gasteiger partial charge in [-0.05, 0) is 50.3 Å². The van der Waals surface area contributed by atoms with Crippen molar-refractivity contribution >= 4 is 63.7 Å². The molecule has 3 aromatic rings. The molecule has 0 saturated heterocycles. The standard InChI is InChI=1S/C22H22Cl3N5O2S/c1-13-8-7-9-15(12-13)18(31)27-20(22(23,24)25)28-21(33)26-17-14(2)29(3)30(19(17)32)16-10-5-4-6-11-16/h4-12,20H,1-3H3,(H,27,31)(H2,26,28,33)/t20-/m1/s1. The van der Waals surface area contributed by atoms with Crippen LogP contribution in [-0.2, 0) is 7.05 Å². The van der Waals surface area contributed by atoms with E-state index in [4.69, 9.17) is 47.0 Å². The number of hydrogen-bond acceptors (Lipinski definition) is 3. The quantitative estimate of drug-likeness (QED) is 0.264. The van der Waals surface area contributed by atoms with Crippen LogP contribution in [-0.4, -0.2) is 30.3 Å². The minimum atomic E-state index is -1.93. The van der Waals surface area contributed by atoms with Gasteiger partial charge in [-0.15, -0.1) is 0 Å². The van der Waals surface area contributed by atoms with E-state index in [0.29, 0.717) is 16.9 Å². The summed E-state index contributed by atoms with van der Waals surface area (Å²) in [5.41, 5.74) is 2.60. The Balaban J connectivity index is 1.80. The summed E-state index contributed by atoms with van der Waals surface area (Å²) < 4.78 is 1.28. The molecular weight excluding hydrogens is 505 g/mol. The summed E-state index contributed by atoms with van der Waals surface area (Å²) in [6, 6.07) is 16.2. The maximum Gasteiger partial charge on any atom is 0.295 e. The number of carbonyl (C=O) groups excluding carboxylic acids is 1. The van der Waals surface area contributed by atoms with Gasteiger partial charge in [-0.3, -0.25) is 14.3 Å². The number of nitrogens with zero attached hydrogens (tertiary/aromatic N) is 2. The Kier molecular flexibility index (Phi) is 7.74. The molecule has 0 saturated carbocycles. The van der Waals surface area contributed by atoms with E-state index in [2.05, 4.69) is 16.0 Å². The summed E-state index contributed by atoms with van der Waals surface area (Å²) in [4.78, 5) is 25.7. The lowest BCUT2D eigenvalue weighted by Crippen LogP contribution is -2.56. The molecule has 1 atom stereocenters. The van der Waals surface area contributed by atoms with E-state index >= 15 is 0 Å². The monoisotopic (exact) mass is 525 g/mol. The number of nitrogens with one attached hydrogen (secondary N) is 3. The predicted molar refractivity (Wildman–Crippen MR) is 138 cm³/mol. The van der Waals surface area contributed by atoms with Gasteiger partial charge in [0.1, 0.15) is 11.9 Å². The van der Waals surface area contributed by atoms with Crippen LogP contribution in [0.4, 0.5) is 5.69 Å². The summed E-state index contributed by atoms with van der Waals surface area (Å²) in [5, 5.41) is 8.28. The Hall–Kier alpha value is -2.52. The molecule has 3 rings (SSSR count). The lowest BCUT2D eigenvalue weighted by Gasteiger charge is -2.27. The number of alkyl halides is 3. The number of anilines is 1. The fourth-order valence-corrected chi connectivity index (χ4v) is 3.74. The largest absolute Gasteiger partial charge is 0.339 e. The molecule has 0 fully saturated rings. The smallest absolute Gasteiger partial charge is 0.295 e. The molecule has 0 radical (unpaired) electrons. The normalized spacial score (nSPS) is 12.2. The molecule has 174 valence electrons. The Labute approximate surface area is 211 Å². The van der Waals surface area contributed by atoms with Crippen molar-refractivity contribution in [3.05, 3.63) is 81.8 Å². The number of hydrogen-bond donors (Lipinski definition) is 3. The van der Waals surface area contributed by atoms with Gasteiger partial charge in [-0.2, -0.15) is 0 Å². The molecule has 33 heavy (non-hydrogen) atoms. The molecular formula is C22H22Cl3N5O2S. The van der Waals surface area contributed by atoms with E-state index < -0.39 is 15.9 Å². The maximum absolute atomic E-state index is 13.1. The topological polar surface area (TPSA) is 80.1 Å². The maximum atomic E-state index is 13.1. The number of aromatic nitrogens is 2. The van der Waals surface area contributed by atoms with Crippen LogP contribution in [0.25, 0.3) is 5.69 Å². The molecule has 2 aromatic carbocycles. The van der Waals surface area contributed by atoms with Crippen LogP contribution in [0.1, 0.15) is 21.6 Å². The van der Waals surface area contributed by atoms with Crippen LogP contribution in [0.5, 0.6) is 0 Å². The summed E-state index contributed by atoms with van der Waals surface area (Å²) in [6.45, 7) is 3.64. The first kappa shape index (κ1) is 25.1. The number of carbonyl (C=O) groups is 1. The van der Waals surface area contributed by atoms with E-state index in [1.165, 1.54) is 4.68 Å². The molecule has 11 heteroatoms. The Morgan fingerprint density at radius 2 is 1.70 bits per heavy atom. The van der Waals surface area contributed by atoms with Gasteiger partial charge in [0.25, 0.3) is 11.5 Å². The molecule has 3 N–H and O–H groups in total. The van der Waals surface area contributed by atoms with Gasteiger partial charge >= 0.3 is 0 Å². The summed E-state index contributed by atoms with van der Waals surface area (Å²) in [7, 11) is 1.76. The van der Waals surface area contributed by atoms with Gasteiger partial charge in [-0.1, -0.05) is 70.7 Å². The first-order valence-electron chi connectivity index (χ1n) is 9.85. The molecule has 0 spiro atoms. The second-order valence-corrected chi connectivity index (χ2v) is 10.1. The highest BCUT2D eigenvalue weighted by Gasteiger charge is 2.35. The third-order valence-electron chi connectivity index (χ3n) is 4.95. The second-order valence-electron chi connectivity index (χ2n) is 7.35. The molecule has 0 aliphatic rings. The molecule has 7 nitrogen and oxygen atoms in total. The van der Waals surface area contributed by atoms with Crippen LogP contribution in [0, 0.1) is 13.8 Å². The number of rotatable bonds is 5. The van der Waals surface area contributed by atoms with Crippen molar-refractivity contribution < 1.29 is 4.79 Å². The van der Waals surface area contributed by atoms with Gasteiger partial charge in [0, 0.05) is 12.6 Å². The van der Waals surface area contributed by atoms with Crippen LogP contribution in [0.15, 0.2) is 59.4 Å². The highest BCUT2D eigenvalue weighted by atomic mass is 35.6. The van der Waals surface area contributed by atoms with Crippen molar-refractivity contribution in [1.29, 1.82) is 0 Å².